The summed E-state index contributed by atoms with van der Waals surface area (Å²) in [4.78, 5) is 24.4. The Morgan fingerprint density at radius 2 is 1.89 bits per heavy atom. The van der Waals surface area contributed by atoms with Gasteiger partial charge in [-0.3, -0.25) is 4.55 Å². The molecule has 0 spiro atoms. The largest absolute Gasteiger partial charge is 0.465 e. The van der Waals surface area contributed by atoms with Crippen molar-refractivity contribution in [1.82, 2.24) is 0 Å². The number of rotatable bonds is 9. The van der Waals surface area contributed by atoms with E-state index in [0.717, 1.165) is 5.57 Å². The lowest BCUT2D eigenvalue weighted by molar-refractivity contribution is -0.215. The van der Waals surface area contributed by atoms with Gasteiger partial charge in [0.1, 0.15) is 11.7 Å². The molecule has 0 saturated carbocycles. The van der Waals surface area contributed by atoms with E-state index in [2.05, 4.69) is 0 Å². The van der Waals surface area contributed by atoms with Gasteiger partial charge in [0.05, 0.1) is 0 Å². The summed E-state index contributed by atoms with van der Waals surface area (Å²) in [6, 6.07) is 0. The minimum Gasteiger partial charge on any atom is -0.454 e. The summed E-state index contributed by atoms with van der Waals surface area (Å²) in [6.45, 7) is 6.99. The maximum Gasteiger partial charge on any atom is 0.465 e. The van der Waals surface area contributed by atoms with E-state index in [-0.39, 0.29) is 12.8 Å². The van der Waals surface area contributed by atoms with E-state index >= 15 is 0 Å². The Labute approximate surface area is 212 Å². The Hall–Kier alpha value is -1.75. The summed E-state index contributed by atoms with van der Waals surface area (Å²) in [5.74, 6) is -3.61. The molecule has 0 aromatic rings. The zero-order valence-electron chi connectivity index (χ0n) is 20.6. The minimum atomic E-state index is -6.01. The van der Waals surface area contributed by atoms with E-state index in [1.165, 1.54) is 6.92 Å². The molecule has 12 nitrogen and oxygen atoms in total. The number of fused-ring (bicyclic) bond motifs is 3. The van der Waals surface area contributed by atoms with Crippen molar-refractivity contribution < 1.29 is 64.5 Å². The molecule has 3 heterocycles. The van der Waals surface area contributed by atoms with Gasteiger partial charge in [0.15, 0.2) is 37.2 Å². The molecule has 0 aromatic carbocycles. The van der Waals surface area contributed by atoms with Gasteiger partial charge in [-0.05, 0) is 33.6 Å². The second-order valence-corrected chi connectivity index (χ2v) is 11.1. The van der Waals surface area contributed by atoms with Crippen molar-refractivity contribution in [2.24, 2.45) is 5.92 Å². The van der Waals surface area contributed by atoms with Crippen LogP contribution in [0.15, 0.2) is 11.6 Å². The molecule has 4 aliphatic rings. The Bertz CT molecular complexity index is 1050. The number of carbonyl (C=O) groups is 2. The zero-order valence-corrected chi connectivity index (χ0v) is 21.4. The van der Waals surface area contributed by atoms with Crippen molar-refractivity contribution in [1.29, 1.82) is 0 Å². The highest BCUT2D eigenvalue weighted by molar-refractivity contribution is 7.87. The van der Waals surface area contributed by atoms with Crippen molar-refractivity contribution >= 4 is 22.1 Å². The standard InChI is InChI=1S/C22H30F2O12S/c1-5-11-7-12(9-21(4,8-11)36-20(26)22(23,24)37(27,28)29)18-34-16-14-13(33-19(16)35-18)15(17(25)32-14)31-10(3)30-6-2/h7,10,12-16,18-19H,5-6,8-9H2,1-4H3,(H,27,28,29). The molecule has 0 bridgehead atoms. The molecular formula is C22H30F2O12S. The lowest BCUT2D eigenvalue weighted by Crippen LogP contribution is -2.47. The number of carbonyl (C=O) groups excluding carboxylic acids is 2. The second-order valence-electron chi connectivity index (χ2n) is 9.61. The highest BCUT2D eigenvalue weighted by atomic mass is 32.2. The number of esters is 2. The van der Waals surface area contributed by atoms with Crippen molar-refractivity contribution in [3.05, 3.63) is 11.6 Å². The maximum absolute atomic E-state index is 13.8. The fraction of sp³-hybridized carbons (Fsp3) is 0.818. The second kappa shape index (κ2) is 10.1. The molecule has 9 unspecified atom stereocenters. The predicted molar refractivity (Wildman–Crippen MR) is 116 cm³/mol. The molecule has 3 saturated heterocycles. The van der Waals surface area contributed by atoms with Crippen LogP contribution in [0.3, 0.4) is 0 Å². The Morgan fingerprint density at radius 1 is 1.22 bits per heavy atom. The number of alkyl halides is 2. The van der Waals surface area contributed by atoms with Gasteiger partial charge in [-0.25, -0.2) is 9.59 Å². The van der Waals surface area contributed by atoms with E-state index < -0.39 is 82.1 Å². The minimum absolute atomic E-state index is 0.0562. The lowest BCUT2D eigenvalue weighted by Gasteiger charge is -2.39. The van der Waals surface area contributed by atoms with E-state index in [0.29, 0.717) is 13.0 Å². The predicted octanol–water partition coefficient (Wildman–Crippen LogP) is 1.67. The molecule has 3 aliphatic heterocycles. The van der Waals surface area contributed by atoms with Crippen LogP contribution < -0.4 is 0 Å². The fourth-order valence-corrected chi connectivity index (χ4v) is 5.36. The normalized spacial score (nSPS) is 38.5. The molecule has 0 aromatic heterocycles. The Morgan fingerprint density at radius 3 is 2.51 bits per heavy atom. The van der Waals surface area contributed by atoms with Crippen LogP contribution in [-0.2, 0) is 52.9 Å². The first-order chi connectivity index (χ1) is 17.2. The summed E-state index contributed by atoms with van der Waals surface area (Å²) in [5.41, 5.74) is -0.812. The van der Waals surface area contributed by atoms with Crippen LogP contribution in [0.5, 0.6) is 0 Å². The summed E-state index contributed by atoms with van der Waals surface area (Å²) in [6.07, 6.45) is -3.65. The highest BCUT2D eigenvalue weighted by Gasteiger charge is 2.63. The van der Waals surface area contributed by atoms with Gasteiger partial charge in [-0.1, -0.05) is 18.6 Å². The molecule has 210 valence electrons. The van der Waals surface area contributed by atoms with Crippen molar-refractivity contribution in [3.63, 3.8) is 0 Å². The van der Waals surface area contributed by atoms with Crippen LogP contribution in [0.4, 0.5) is 8.78 Å². The molecule has 9 atom stereocenters. The average molecular weight is 557 g/mol. The molecule has 4 rings (SSSR count). The van der Waals surface area contributed by atoms with Crippen LogP contribution in [-0.4, -0.2) is 85.7 Å². The first-order valence-corrected chi connectivity index (χ1v) is 13.3. The third kappa shape index (κ3) is 5.40. The van der Waals surface area contributed by atoms with E-state index in [1.54, 1.807) is 13.8 Å². The third-order valence-corrected chi connectivity index (χ3v) is 7.53. The van der Waals surface area contributed by atoms with Gasteiger partial charge in [0, 0.05) is 18.9 Å². The van der Waals surface area contributed by atoms with Gasteiger partial charge in [0.25, 0.3) is 0 Å². The van der Waals surface area contributed by atoms with Crippen LogP contribution in [0.2, 0.25) is 0 Å². The topological polar surface area (TPSA) is 153 Å². The number of hydrogen-bond donors (Lipinski definition) is 1. The molecule has 15 heteroatoms. The molecule has 37 heavy (non-hydrogen) atoms. The molecule has 1 aliphatic carbocycles. The lowest BCUT2D eigenvalue weighted by atomic mass is 9.78. The first-order valence-electron chi connectivity index (χ1n) is 11.9. The molecule has 1 N–H and O–H groups in total. The molecule has 0 radical (unpaired) electrons. The number of halogens is 2. The number of ether oxygens (including phenoxy) is 7. The average Bonchev–Trinajstić information content (AvgIpc) is 3.43. The SMILES string of the molecule is CCOC(C)OC1C(=O)OC2C3OC(C4C=C(CC)CC(C)(OC(=O)C(F)(F)S(=O)(=O)O)C4)OC3OC12. The zero-order chi connectivity index (χ0) is 27.3. The first kappa shape index (κ1) is 28.3. The van der Waals surface area contributed by atoms with Crippen LogP contribution in [0, 0.1) is 5.92 Å². The van der Waals surface area contributed by atoms with Crippen molar-refractivity contribution in [3.8, 4) is 0 Å². The Kier molecular flexibility index (Phi) is 7.71. The summed E-state index contributed by atoms with van der Waals surface area (Å²) in [7, 11) is -6.01. The van der Waals surface area contributed by atoms with E-state index in [4.69, 9.17) is 37.7 Å². The van der Waals surface area contributed by atoms with Gasteiger partial charge in [0.2, 0.25) is 0 Å². The van der Waals surface area contributed by atoms with Crippen molar-refractivity contribution in [2.45, 2.75) is 101 Å². The van der Waals surface area contributed by atoms with E-state index in [1.807, 2.05) is 13.0 Å². The number of hydrogen-bond acceptors (Lipinski definition) is 11. The molecule has 0 amide bonds. The van der Waals surface area contributed by atoms with E-state index in [9.17, 15) is 26.8 Å². The highest BCUT2D eigenvalue weighted by Crippen LogP contribution is 2.46. The molecule has 3 fully saturated rings. The van der Waals surface area contributed by atoms with Gasteiger partial charge in [-0.15, -0.1) is 0 Å². The summed E-state index contributed by atoms with van der Waals surface area (Å²) < 4.78 is 97.4. The van der Waals surface area contributed by atoms with Crippen LogP contribution >= 0.6 is 0 Å². The van der Waals surface area contributed by atoms with Gasteiger partial charge >= 0.3 is 27.3 Å². The van der Waals surface area contributed by atoms with Gasteiger partial charge in [-0.2, -0.15) is 17.2 Å². The maximum atomic E-state index is 13.8. The van der Waals surface area contributed by atoms with Crippen LogP contribution in [0.25, 0.3) is 0 Å². The van der Waals surface area contributed by atoms with Crippen LogP contribution in [0.1, 0.15) is 47.0 Å². The summed E-state index contributed by atoms with van der Waals surface area (Å²) >= 11 is 0. The van der Waals surface area contributed by atoms with Gasteiger partial charge < -0.3 is 33.2 Å². The van der Waals surface area contributed by atoms with Crippen molar-refractivity contribution in [2.75, 3.05) is 6.61 Å². The third-order valence-electron chi connectivity index (χ3n) is 6.71. The summed E-state index contributed by atoms with van der Waals surface area (Å²) in [5, 5.41) is -5.12. The monoisotopic (exact) mass is 556 g/mol. The smallest absolute Gasteiger partial charge is 0.454 e. The fourth-order valence-electron chi connectivity index (χ4n) is 5.11. The Balaban J connectivity index is 1.44. The molecular weight excluding hydrogens is 526 g/mol. The quantitative estimate of drug-likeness (QED) is 0.190.